The van der Waals surface area contributed by atoms with Gasteiger partial charge >= 0.3 is 11.9 Å². The quantitative estimate of drug-likeness (QED) is 0.445. The average molecular weight is 477 g/mol. The highest BCUT2D eigenvalue weighted by Crippen LogP contribution is 2.29. The zero-order valence-electron chi connectivity index (χ0n) is 16.9. The van der Waals surface area contributed by atoms with Crippen LogP contribution in [0.2, 0.25) is 0 Å². The maximum atomic E-state index is 13.7. The van der Waals surface area contributed by atoms with E-state index in [2.05, 4.69) is 5.32 Å². The molecule has 0 fully saturated rings. The highest BCUT2D eigenvalue weighted by Gasteiger charge is 2.30. The van der Waals surface area contributed by atoms with Crippen LogP contribution < -0.4 is 16.6 Å². The Labute approximate surface area is 187 Å². The van der Waals surface area contributed by atoms with Crippen LogP contribution in [0.25, 0.3) is 15.9 Å². The molecular weight excluding hydrogens is 462 g/mol. The SMILES string of the molecule is Cc1cc(-n2c(=O)c3sccc3n(CC(=O)Nc3ccc(C(F)(F)F)cc3)c2=O)ccc1F. The third-order valence-corrected chi connectivity index (χ3v) is 5.84. The molecule has 0 atom stereocenters. The smallest absolute Gasteiger partial charge is 0.325 e. The van der Waals surface area contributed by atoms with Gasteiger partial charge in [-0.05, 0) is 66.4 Å². The van der Waals surface area contributed by atoms with Crippen molar-refractivity contribution in [3.8, 4) is 5.69 Å². The van der Waals surface area contributed by atoms with Gasteiger partial charge in [0.1, 0.15) is 17.1 Å². The van der Waals surface area contributed by atoms with E-state index in [9.17, 15) is 31.9 Å². The predicted molar refractivity (Wildman–Crippen MR) is 116 cm³/mol. The third kappa shape index (κ3) is 4.31. The van der Waals surface area contributed by atoms with Crippen molar-refractivity contribution in [2.45, 2.75) is 19.6 Å². The number of nitrogens with one attached hydrogen (secondary N) is 1. The Kier molecular flexibility index (Phi) is 5.66. The fourth-order valence-corrected chi connectivity index (χ4v) is 4.15. The molecule has 0 saturated heterocycles. The summed E-state index contributed by atoms with van der Waals surface area (Å²) in [6.45, 7) is 0.997. The van der Waals surface area contributed by atoms with Crippen LogP contribution in [0.3, 0.4) is 0 Å². The van der Waals surface area contributed by atoms with Crippen molar-refractivity contribution in [3.05, 3.63) is 91.7 Å². The minimum atomic E-state index is -4.51. The zero-order valence-corrected chi connectivity index (χ0v) is 17.8. The van der Waals surface area contributed by atoms with Crippen molar-refractivity contribution >= 4 is 33.1 Å². The highest BCUT2D eigenvalue weighted by atomic mass is 32.1. The van der Waals surface area contributed by atoms with E-state index in [0.717, 1.165) is 50.8 Å². The lowest BCUT2D eigenvalue weighted by Crippen LogP contribution is -2.40. The van der Waals surface area contributed by atoms with Crippen molar-refractivity contribution in [2.24, 2.45) is 0 Å². The number of halogens is 4. The average Bonchev–Trinajstić information content (AvgIpc) is 3.24. The van der Waals surface area contributed by atoms with Gasteiger partial charge in [-0.25, -0.2) is 13.8 Å². The Hall–Kier alpha value is -3.73. The van der Waals surface area contributed by atoms with Gasteiger partial charge in [-0.2, -0.15) is 13.2 Å². The molecule has 33 heavy (non-hydrogen) atoms. The molecule has 170 valence electrons. The van der Waals surface area contributed by atoms with Crippen LogP contribution >= 0.6 is 11.3 Å². The number of thiophene rings is 1. The van der Waals surface area contributed by atoms with Gasteiger partial charge in [0.25, 0.3) is 5.56 Å². The van der Waals surface area contributed by atoms with E-state index in [1.54, 1.807) is 5.38 Å². The lowest BCUT2D eigenvalue weighted by molar-refractivity contribution is -0.137. The number of alkyl halides is 3. The summed E-state index contributed by atoms with van der Waals surface area (Å²) in [5.74, 6) is -1.18. The van der Waals surface area contributed by atoms with E-state index in [1.807, 2.05) is 0 Å². The topological polar surface area (TPSA) is 73.1 Å². The number of aromatic nitrogens is 2. The number of hydrogen-bond donors (Lipinski definition) is 1. The van der Waals surface area contributed by atoms with Gasteiger partial charge in [-0.15, -0.1) is 11.3 Å². The molecular formula is C22H15F4N3O3S. The van der Waals surface area contributed by atoms with Gasteiger partial charge in [0, 0.05) is 5.69 Å². The minimum Gasteiger partial charge on any atom is -0.325 e. The number of aryl methyl sites for hydroxylation is 1. The van der Waals surface area contributed by atoms with Crippen molar-refractivity contribution < 1.29 is 22.4 Å². The molecule has 2 aromatic carbocycles. The van der Waals surface area contributed by atoms with E-state index in [0.29, 0.717) is 0 Å². The van der Waals surface area contributed by atoms with Crippen LogP contribution in [0.4, 0.5) is 23.2 Å². The predicted octanol–water partition coefficient (Wildman–Crippen LogP) is 4.32. The number of fused-ring (bicyclic) bond motifs is 1. The van der Waals surface area contributed by atoms with Crippen LogP contribution in [-0.2, 0) is 17.5 Å². The fraction of sp³-hybridized carbons (Fsp3) is 0.136. The largest absolute Gasteiger partial charge is 0.416 e. The number of rotatable bonds is 4. The molecule has 0 bridgehead atoms. The molecule has 2 aromatic heterocycles. The Morgan fingerprint density at radius 3 is 2.39 bits per heavy atom. The molecule has 11 heteroatoms. The van der Waals surface area contributed by atoms with E-state index >= 15 is 0 Å². The molecule has 0 radical (unpaired) electrons. The summed E-state index contributed by atoms with van der Waals surface area (Å²) < 4.78 is 54.0. The summed E-state index contributed by atoms with van der Waals surface area (Å²) in [6.07, 6.45) is -4.51. The summed E-state index contributed by atoms with van der Waals surface area (Å²) in [4.78, 5) is 38.7. The van der Waals surface area contributed by atoms with Crippen LogP contribution in [-0.4, -0.2) is 15.0 Å². The van der Waals surface area contributed by atoms with Gasteiger partial charge in [-0.1, -0.05) is 0 Å². The first-order valence-corrected chi connectivity index (χ1v) is 10.4. The van der Waals surface area contributed by atoms with E-state index in [1.165, 1.54) is 25.1 Å². The Morgan fingerprint density at radius 1 is 1.06 bits per heavy atom. The fourth-order valence-electron chi connectivity index (χ4n) is 3.32. The summed E-state index contributed by atoms with van der Waals surface area (Å²) in [7, 11) is 0. The Morgan fingerprint density at radius 2 is 1.76 bits per heavy atom. The molecule has 0 aliphatic heterocycles. The summed E-state index contributed by atoms with van der Waals surface area (Å²) in [5.41, 5.74) is -1.53. The maximum absolute atomic E-state index is 13.7. The second-order valence-electron chi connectivity index (χ2n) is 7.20. The lowest BCUT2D eigenvalue weighted by Gasteiger charge is -2.13. The first-order valence-electron chi connectivity index (χ1n) is 9.53. The molecule has 0 aliphatic rings. The normalized spacial score (nSPS) is 11.7. The summed E-state index contributed by atoms with van der Waals surface area (Å²) in [6, 6.07) is 9.16. The number of anilines is 1. The molecule has 4 aromatic rings. The minimum absolute atomic E-state index is 0.116. The first kappa shape index (κ1) is 22.5. The molecule has 0 aliphatic carbocycles. The summed E-state index contributed by atoms with van der Waals surface area (Å²) >= 11 is 1.08. The molecule has 2 heterocycles. The van der Waals surface area contributed by atoms with Crippen molar-refractivity contribution in [1.82, 2.24) is 9.13 Å². The second kappa shape index (κ2) is 8.32. The number of carbonyl (C=O) groups is 1. The standard InChI is InChI=1S/C22H15F4N3O3S/c1-12-10-15(6-7-16(12)23)29-20(31)19-17(8-9-33-19)28(21(29)32)11-18(30)27-14-4-2-13(3-5-14)22(24,25)26/h2-10H,11H2,1H3,(H,27,30). The lowest BCUT2D eigenvalue weighted by atomic mass is 10.2. The second-order valence-corrected chi connectivity index (χ2v) is 8.12. The number of benzene rings is 2. The highest BCUT2D eigenvalue weighted by molar-refractivity contribution is 7.17. The van der Waals surface area contributed by atoms with E-state index in [-0.39, 0.29) is 27.2 Å². The number of carbonyl (C=O) groups excluding carboxylic acids is 1. The van der Waals surface area contributed by atoms with Gasteiger partial charge < -0.3 is 5.32 Å². The zero-order chi connectivity index (χ0) is 23.9. The molecule has 0 saturated carbocycles. The third-order valence-electron chi connectivity index (χ3n) is 4.95. The number of hydrogen-bond acceptors (Lipinski definition) is 4. The monoisotopic (exact) mass is 477 g/mol. The Bertz CT molecular complexity index is 1480. The van der Waals surface area contributed by atoms with E-state index in [4.69, 9.17) is 0 Å². The van der Waals surface area contributed by atoms with Crippen molar-refractivity contribution in [2.75, 3.05) is 5.32 Å². The van der Waals surface area contributed by atoms with Crippen LogP contribution in [0.15, 0.2) is 63.5 Å². The number of amides is 1. The molecule has 0 unspecified atom stereocenters. The van der Waals surface area contributed by atoms with Crippen molar-refractivity contribution in [1.29, 1.82) is 0 Å². The van der Waals surface area contributed by atoms with Gasteiger partial charge in [0.2, 0.25) is 5.91 Å². The maximum Gasteiger partial charge on any atom is 0.416 e. The number of nitrogens with zero attached hydrogens (tertiary/aromatic N) is 2. The van der Waals surface area contributed by atoms with Gasteiger partial charge in [0.15, 0.2) is 0 Å². The van der Waals surface area contributed by atoms with E-state index < -0.39 is 41.3 Å². The molecule has 1 amide bonds. The molecule has 4 rings (SSSR count). The van der Waals surface area contributed by atoms with Crippen LogP contribution in [0, 0.1) is 12.7 Å². The van der Waals surface area contributed by atoms with Crippen LogP contribution in [0.5, 0.6) is 0 Å². The summed E-state index contributed by atoms with van der Waals surface area (Å²) in [5, 5.41) is 4.04. The molecule has 0 spiro atoms. The van der Waals surface area contributed by atoms with Crippen LogP contribution in [0.1, 0.15) is 11.1 Å². The van der Waals surface area contributed by atoms with Crippen molar-refractivity contribution in [3.63, 3.8) is 0 Å². The molecule has 6 nitrogen and oxygen atoms in total. The van der Waals surface area contributed by atoms with Gasteiger partial charge in [0.05, 0.1) is 16.8 Å². The Balaban J connectivity index is 1.71. The van der Waals surface area contributed by atoms with Gasteiger partial charge in [-0.3, -0.25) is 14.2 Å². The molecule has 1 N–H and O–H groups in total. The first-order chi connectivity index (χ1) is 15.6.